The number of ether oxygens (including phenoxy) is 2. The summed E-state index contributed by atoms with van der Waals surface area (Å²) >= 11 is 0. The van der Waals surface area contributed by atoms with Gasteiger partial charge in [-0.1, -0.05) is 0 Å². The first-order valence-corrected chi connectivity index (χ1v) is 5.42. The van der Waals surface area contributed by atoms with Crippen molar-refractivity contribution in [3.8, 4) is 5.88 Å². The number of nitrogens with zero attached hydrogens (tertiary/aromatic N) is 3. The third-order valence-corrected chi connectivity index (χ3v) is 2.80. The molecule has 1 N–H and O–H groups in total. The maximum atomic E-state index is 10.7. The number of hydrogen-bond donors (Lipinski definition) is 1. The van der Waals surface area contributed by atoms with E-state index in [9.17, 15) is 10.1 Å². The fraction of sp³-hybridized carbons (Fsp3) is 0.400. The molecular weight excluding hydrogens is 240 g/mol. The Kier molecular flexibility index (Phi) is 2.37. The number of fused-ring (bicyclic) bond motifs is 1. The van der Waals surface area contributed by atoms with Crippen molar-refractivity contribution in [3.05, 3.63) is 22.4 Å². The Morgan fingerprint density at radius 3 is 3.11 bits per heavy atom. The fourth-order valence-corrected chi connectivity index (χ4v) is 1.65. The summed E-state index contributed by atoms with van der Waals surface area (Å²) in [7, 11) is 0. The highest BCUT2D eigenvalue weighted by molar-refractivity contribution is 5.82. The van der Waals surface area contributed by atoms with E-state index in [1.54, 1.807) is 0 Å². The summed E-state index contributed by atoms with van der Waals surface area (Å²) in [5, 5.41) is 17.8. The number of aromatic amines is 1. The number of aromatic nitrogens is 3. The van der Waals surface area contributed by atoms with Crippen molar-refractivity contribution >= 4 is 16.7 Å². The molecule has 2 atom stereocenters. The van der Waals surface area contributed by atoms with E-state index in [0.717, 1.165) is 0 Å². The van der Waals surface area contributed by atoms with Gasteiger partial charge in [0, 0.05) is 6.07 Å². The van der Waals surface area contributed by atoms with Crippen LogP contribution in [0.25, 0.3) is 11.0 Å². The number of pyridine rings is 1. The summed E-state index contributed by atoms with van der Waals surface area (Å²) in [6.07, 6.45) is 1.45. The lowest BCUT2D eigenvalue weighted by Gasteiger charge is -1.99. The van der Waals surface area contributed by atoms with Crippen molar-refractivity contribution in [3.63, 3.8) is 0 Å². The molecule has 0 amide bonds. The molecule has 0 saturated carbocycles. The van der Waals surface area contributed by atoms with E-state index in [-0.39, 0.29) is 17.9 Å². The highest BCUT2D eigenvalue weighted by Crippen LogP contribution is 2.27. The summed E-state index contributed by atoms with van der Waals surface area (Å²) in [5.74, 6) is 0.309. The fourth-order valence-electron chi connectivity index (χ4n) is 1.65. The van der Waals surface area contributed by atoms with E-state index in [4.69, 9.17) is 9.47 Å². The summed E-state index contributed by atoms with van der Waals surface area (Å²) < 4.78 is 10.7. The van der Waals surface area contributed by atoms with Gasteiger partial charge in [0.1, 0.15) is 18.9 Å². The van der Waals surface area contributed by atoms with E-state index in [2.05, 4.69) is 15.2 Å². The Balaban J connectivity index is 1.86. The van der Waals surface area contributed by atoms with Gasteiger partial charge < -0.3 is 9.47 Å². The molecule has 3 heterocycles. The maximum absolute atomic E-state index is 10.7. The molecule has 1 aliphatic heterocycles. The van der Waals surface area contributed by atoms with Crippen LogP contribution in [0.5, 0.6) is 5.88 Å². The first-order valence-electron chi connectivity index (χ1n) is 5.42. The molecule has 2 aromatic rings. The normalized spacial score (nSPS) is 22.1. The minimum atomic E-state index is -0.505. The summed E-state index contributed by atoms with van der Waals surface area (Å²) in [4.78, 5) is 14.1. The molecule has 2 unspecified atom stereocenters. The summed E-state index contributed by atoms with van der Waals surface area (Å²) in [5.41, 5.74) is 0.366. The third kappa shape index (κ3) is 1.86. The molecule has 2 aromatic heterocycles. The first-order chi connectivity index (χ1) is 8.65. The third-order valence-electron chi connectivity index (χ3n) is 2.80. The molecule has 0 aromatic carbocycles. The molecule has 0 bridgehead atoms. The number of nitrogens with one attached hydrogen (secondary N) is 1. The van der Waals surface area contributed by atoms with Gasteiger partial charge in [-0.25, -0.2) is 4.98 Å². The first kappa shape index (κ1) is 10.9. The van der Waals surface area contributed by atoms with Crippen LogP contribution in [0.4, 0.5) is 5.69 Å². The summed E-state index contributed by atoms with van der Waals surface area (Å²) in [6, 6.07) is 1.39. The predicted molar refractivity (Wildman–Crippen MR) is 60.4 cm³/mol. The average Bonchev–Trinajstić information content (AvgIpc) is 2.91. The van der Waals surface area contributed by atoms with Gasteiger partial charge in [-0.2, -0.15) is 0 Å². The van der Waals surface area contributed by atoms with Crippen LogP contribution in [0.2, 0.25) is 0 Å². The van der Waals surface area contributed by atoms with E-state index in [1.165, 1.54) is 12.3 Å². The van der Waals surface area contributed by atoms with Crippen LogP contribution in [-0.4, -0.2) is 38.9 Å². The maximum Gasteiger partial charge on any atom is 0.288 e. The van der Waals surface area contributed by atoms with Crippen molar-refractivity contribution in [2.75, 3.05) is 6.61 Å². The molecule has 1 fully saturated rings. The van der Waals surface area contributed by atoms with Crippen LogP contribution in [-0.2, 0) is 4.74 Å². The van der Waals surface area contributed by atoms with Crippen molar-refractivity contribution in [1.29, 1.82) is 0 Å². The Hall–Kier alpha value is -2.22. The molecule has 0 spiro atoms. The van der Waals surface area contributed by atoms with Crippen molar-refractivity contribution in [1.82, 2.24) is 15.2 Å². The van der Waals surface area contributed by atoms with Gasteiger partial charge in [-0.05, 0) is 6.92 Å². The Bertz CT molecular complexity index is 611. The molecule has 0 aliphatic carbocycles. The lowest BCUT2D eigenvalue weighted by Crippen LogP contribution is -2.06. The van der Waals surface area contributed by atoms with Crippen LogP contribution in [0.1, 0.15) is 6.92 Å². The second kappa shape index (κ2) is 3.91. The van der Waals surface area contributed by atoms with Gasteiger partial charge in [0.2, 0.25) is 5.88 Å². The topological polar surface area (TPSA) is 106 Å². The van der Waals surface area contributed by atoms with Crippen molar-refractivity contribution in [2.45, 2.75) is 19.1 Å². The van der Waals surface area contributed by atoms with Gasteiger partial charge in [0.05, 0.1) is 16.4 Å². The van der Waals surface area contributed by atoms with Gasteiger partial charge >= 0.3 is 0 Å². The number of H-pyrrole nitrogens is 1. The smallest absolute Gasteiger partial charge is 0.288 e. The monoisotopic (exact) mass is 250 g/mol. The largest absolute Gasteiger partial charge is 0.473 e. The highest BCUT2D eigenvalue weighted by atomic mass is 16.6. The predicted octanol–water partition coefficient (Wildman–Crippen LogP) is 1.03. The van der Waals surface area contributed by atoms with Crippen LogP contribution < -0.4 is 4.74 Å². The molecule has 1 saturated heterocycles. The van der Waals surface area contributed by atoms with Gasteiger partial charge in [0.25, 0.3) is 5.69 Å². The second-order valence-corrected chi connectivity index (χ2v) is 4.07. The zero-order valence-electron chi connectivity index (χ0n) is 9.49. The van der Waals surface area contributed by atoms with E-state index in [1.807, 2.05) is 6.92 Å². The number of epoxide rings is 1. The molecule has 3 rings (SSSR count). The van der Waals surface area contributed by atoms with Crippen molar-refractivity contribution < 1.29 is 14.4 Å². The molecule has 18 heavy (non-hydrogen) atoms. The molecule has 1 aliphatic rings. The minimum Gasteiger partial charge on any atom is -0.473 e. The molecule has 8 heteroatoms. The SMILES string of the molecule is CC1OC1COc1n[nH]c2ncc([N+](=O)[O-])cc12. The van der Waals surface area contributed by atoms with Gasteiger partial charge in [-0.3, -0.25) is 15.2 Å². The molecule has 94 valence electrons. The second-order valence-electron chi connectivity index (χ2n) is 4.07. The average molecular weight is 250 g/mol. The molecule has 0 radical (unpaired) electrons. The quantitative estimate of drug-likeness (QED) is 0.493. The van der Waals surface area contributed by atoms with E-state index in [0.29, 0.717) is 23.5 Å². The van der Waals surface area contributed by atoms with Crippen molar-refractivity contribution in [2.24, 2.45) is 0 Å². The van der Waals surface area contributed by atoms with Gasteiger partial charge in [-0.15, -0.1) is 5.10 Å². The lowest BCUT2D eigenvalue weighted by molar-refractivity contribution is -0.385. The van der Waals surface area contributed by atoms with E-state index >= 15 is 0 Å². The van der Waals surface area contributed by atoms with Crippen LogP contribution in [0, 0.1) is 10.1 Å². The lowest BCUT2D eigenvalue weighted by atomic mass is 10.3. The zero-order chi connectivity index (χ0) is 12.7. The Morgan fingerprint density at radius 2 is 2.44 bits per heavy atom. The zero-order valence-corrected chi connectivity index (χ0v) is 9.49. The molecule has 8 nitrogen and oxygen atoms in total. The number of nitro groups is 1. The Labute approximate surface area is 101 Å². The Morgan fingerprint density at radius 1 is 1.67 bits per heavy atom. The van der Waals surface area contributed by atoms with Crippen LogP contribution in [0.3, 0.4) is 0 Å². The van der Waals surface area contributed by atoms with Crippen LogP contribution in [0.15, 0.2) is 12.3 Å². The van der Waals surface area contributed by atoms with Gasteiger partial charge in [0.15, 0.2) is 5.65 Å². The number of hydrogen-bond acceptors (Lipinski definition) is 6. The highest BCUT2D eigenvalue weighted by Gasteiger charge is 2.35. The summed E-state index contributed by atoms with van der Waals surface area (Å²) in [6.45, 7) is 2.33. The number of rotatable bonds is 4. The minimum absolute atomic E-state index is 0.0726. The standard InChI is InChI=1S/C10H10N4O4/c1-5-8(18-5)4-17-10-7-2-6(14(15)16)3-11-9(7)12-13-10/h2-3,5,8H,4H2,1H3,(H,11,12,13). The van der Waals surface area contributed by atoms with Crippen LogP contribution >= 0.6 is 0 Å². The van der Waals surface area contributed by atoms with E-state index < -0.39 is 4.92 Å². The molecular formula is C10H10N4O4.